The molecule has 80 valence electrons. The van der Waals surface area contributed by atoms with Gasteiger partial charge in [-0.1, -0.05) is 13.8 Å². The van der Waals surface area contributed by atoms with Gasteiger partial charge in [0.2, 0.25) is 0 Å². The molecular formula is C11H25NS. The summed E-state index contributed by atoms with van der Waals surface area (Å²) < 4.78 is 0.0292. The first-order valence-corrected chi connectivity index (χ1v) is 5.49. The van der Waals surface area contributed by atoms with E-state index in [1.54, 1.807) is 0 Å². The Balaban J connectivity index is 4.47. The summed E-state index contributed by atoms with van der Waals surface area (Å²) in [6.45, 7) is 15.4. The maximum Gasteiger partial charge on any atom is 0.0234 e. The topological polar surface area (TPSA) is 12.0 Å². The molecule has 0 aliphatic carbocycles. The first-order valence-electron chi connectivity index (χ1n) is 5.04. The molecule has 0 aromatic rings. The molecule has 1 nitrogen and oxygen atoms in total. The lowest BCUT2D eigenvalue weighted by molar-refractivity contribution is 0.267. The zero-order valence-electron chi connectivity index (χ0n) is 10.1. The van der Waals surface area contributed by atoms with Crippen LogP contribution < -0.4 is 5.32 Å². The van der Waals surface area contributed by atoms with Crippen molar-refractivity contribution < 1.29 is 0 Å². The van der Waals surface area contributed by atoms with Crippen molar-refractivity contribution in [3.8, 4) is 0 Å². The molecule has 0 aromatic heterocycles. The lowest BCUT2D eigenvalue weighted by Gasteiger charge is -2.39. The van der Waals surface area contributed by atoms with E-state index in [0.717, 1.165) is 0 Å². The highest BCUT2D eigenvalue weighted by Crippen LogP contribution is 2.25. The van der Waals surface area contributed by atoms with Crippen LogP contribution in [-0.2, 0) is 0 Å². The largest absolute Gasteiger partial charge is 0.308 e. The standard InChI is InChI=1S/C11H25NS/c1-8(2)9(11(6,7)13)12-10(3,4)5/h8-9,12-13H,1-7H3. The molecule has 0 bridgehead atoms. The van der Waals surface area contributed by atoms with Crippen molar-refractivity contribution in [2.45, 2.75) is 64.8 Å². The van der Waals surface area contributed by atoms with Gasteiger partial charge in [0, 0.05) is 16.3 Å². The third-order valence-electron chi connectivity index (χ3n) is 2.02. The van der Waals surface area contributed by atoms with Crippen molar-refractivity contribution in [3.05, 3.63) is 0 Å². The summed E-state index contributed by atoms with van der Waals surface area (Å²) >= 11 is 4.64. The lowest BCUT2D eigenvalue weighted by atomic mass is 9.90. The molecule has 1 N–H and O–H groups in total. The predicted octanol–water partition coefficient (Wildman–Crippen LogP) is 3.11. The SMILES string of the molecule is CC(C)C(NC(C)(C)C)C(C)(C)S. The third-order valence-corrected chi connectivity index (χ3v) is 2.29. The second-order valence-electron chi connectivity index (χ2n) is 5.77. The quantitative estimate of drug-likeness (QED) is 0.672. The van der Waals surface area contributed by atoms with Gasteiger partial charge in [0.25, 0.3) is 0 Å². The molecule has 0 fully saturated rings. The number of hydrogen-bond donors (Lipinski definition) is 2. The summed E-state index contributed by atoms with van der Waals surface area (Å²) in [5, 5.41) is 3.62. The molecule has 1 unspecified atom stereocenters. The first-order chi connectivity index (χ1) is 5.54. The van der Waals surface area contributed by atoms with E-state index in [-0.39, 0.29) is 10.3 Å². The van der Waals surface area contributed by atoms with E-state index in [9.17, 15) is 0 Å². The Labute approximate surface area is 89.1 Å². The summed E-state index contributed by atoms with van der Waals surface area (Å²) in [7, 11) is 0. The molecule has 0 rings (SSSR count). The number of hydrogen-bond acceptors (Lipinski definition) is 2. The molecular weight excluding hydrogens is 178 g/mol. The van der Waals surface area contributed by atoms with E-state index >= 15 is 0 Å². The Kier molecular flexibility index (Phi) is 4.32. The van der Waals surface area contributed by atoms with Crippen LogP contribution in [0.3, 0.4) is 0 Å². The van der Waals surface area contributed by atoms with Crippen molar-refractivity contribution in [2.75, 3.05) is 0 Å². The molecule has 0 aliphatic heterocycles. The van der Waals surface area contributed by atoms with Crippen LogP contribution in [0.2, 0.25) is 0 Å². The molecule has 0 saturated heterocycles. The summed E-state index contributed by atoms with van der Waals surface area (Å²) in [4.78, 5) is 0. The fourth-order valence-electron chi connectivity index (χ4n) is 1.63. The van der Waals surface area contributed by atoms with Crippen LogP contribution in [0.25, 0.3) is 0 Å². The van der Waals surface area contributed by atoms with Gasteiger partial charge < -0.3 is 5.32 Å². The molecule has 0 aromatic carbocycles. The van der Waals surface area contributed by atoms with Crippen LogP contribution in [0.4, 0.5) is 0 Å². The highest BCUT2D eigenvalue weighted by molar-refractivity contribution is 7.81. The normalized spacial score (nSPS) is 16.4. The molecule has 2 heteroatoms. The highest BCUT2D eigenvalue weighted by atomic mass is 32.1. The van der Waals surface area contributed by atoms with Crippen molar-refractivity contribution in [3.63, 3.8) is 0 Å². The van der Waals surface area contributed by atoms with Gasteiger partial charge in [-0.15, -0.1) is 0 Å². The average molecular weight is 203 g/mol. The monoisotopic (exact) mass is 203 g/mol. The van der Waals surface area contributed by atoms with E-state index in [1.165, 1.54) is 0 Å². The van der Waals surface area contributed by atoms with Crippen molar-refractivity contribution >= 4 is 12.6 Å². The zero-order valence-corrected chi connectivity index (χ0v) is 11.0. The van der Waals surface area contributed by atoms with Gasteiger partial charge in [0.05, 0.1) is 0 Å². The minimum Gasteiger partial charge on any atom is -0.308 e. The number of nitrogens with one attached hydrogen (secondary N) is 1. The Morgan fingerprint density at radius 1 is 1.00 bits per heavy atom. The minimum atomic E-state index is 0.0292. The van der Waals surface area contributed by atoms with E-state index < -0.39 is 0 Å². The smallest absolute Gasteiger partial charge is 0.0234 e. The Bertz CT molecular complexity index is 150. The molecule has 0 heterocycles. The van der Waals surface area contributed by atoms with Crippen molar-refractivity contribution in [1.82, 2.24) is 5.32 Å². The summed E-state index contributed by atoms with van der Waals surface area (Å²) in [5.41, 5.74) is 0.162. The number of rotatable bonds is 3. The molecule has 0 radical (unpaired) electrons. The van der Waals surface area contributed by atoms with Crippen LogP contribution in [0.1, 0.15) is 48.5 Å². The Morgan fingerprint density at radius 2 is 1.38 bits per heavy atom. The van der Waals surface area contributed by atoms with Crippen LogP contribution in [-0.4, -0.2) is 16.3 Å². The highest BCUT2D eigenvalue weighted by Gasteiger charge is 2.31. The second kappa shape index (κ2) is 4.22. The summed E-state index contributed by atoms with van der Waals surface area (Å²) in [5.74, 6) is 0.603. The van der Waals surface area contributed by atoms with Crippen molar-refractivity contribution in [2.24, 2.45) is 5.92 Å². The molecule has 0 spiro atoms. The minimum absolute atomic E-state index is 0.0292. The number of thiol groups is 1. The van der Waals surface area contributed by atoms with E-state index in [0.29, 0.717) is 12.0 Å². The maximum atomic E-state index is 4.64. The first kappa shape index (κ1) is 13.3. The van der Waals surface area contributed by atoms with E-state index in [1.807, 2.05) is 0 Å². The van der Waals surface area contributed by atoms with Crippen LogP contribution in [0.15, 0.2) is 0 Å². The predicted molar refractivity (Wildman–Crippen MR) is 64.6 cm³/mol. The van der Waals surface area contributed by atoms with E-state index in [2.05, 4.69) is 66.4 Å². The average Bonchev–Trinajstić information content (AvgIpc) is 1.77. The molecule has 0 aliphatic rings. The zero-order chi connectivity index (χ0) is 10.9. The van der Waals surface area contributed by atoms with E-state index in [4.69, 9.17) is 0 Å². The van der Waals surface area contributed by atoms with Crippen LogP contribution in [0.5, 0.6) is 0 Å². The van der Waals surface area contributed by atoms with Crippen molar-refractivity contribution in [1.29, 1.82) is 0 Å². The van der Waals surface area contributed by atoms with Gasteiger partial charge in [-0.25, -0.2) is 0 Å². The fourth-order valence-corrected chi connectivity index (χ4v) is 1.99. The molecule has 0 amide bonds. The van der Waals surface area contributed by atoms with Gasteiger partial charge in [0.1, 0.15) is 0 Å². The fraction of sp³-hybridized carbons (Fsp3) is 1.00. The van der Waals surface area contributed by atoms with Gasteiger partial charge in [-0.3, -0.25) is 0 Å². The lowest BCUT2D eigenvalue weighted by Crippen LogP contribution is -2.54. The Morgan fingerprint density at radius 3 is 1.46 bits per heavy atom. The Hall–Kier alpha value is 0.310. The van der Waals surface area contributed by atoms with Gasteiger partial charge >= 0.3 is 0 Å². The third kappa shape index (κ3) is 5.58. The summed E-state index contributed by atoms with van der Waals surface area (Å²) in [6.07, 6.45) is 0. The van der Waals surface area contributed by atoms with Gasteiger partial charge in [-0.05, 0) is 40.5 Å². The van der Waals surface area contributed by atoms with Gasteiger partial charge in [-0.2, -0.15) is 12.6 Å². The van der Waals surface area contributed by atoms with Crippen LogP contribution >= 0.6 is 12.6 Å². The molecule has 1 atom stereocenters. The molecule has 0 saturated carbocycles. The van der Waals surface area contributed by atoms with Gasteiger partial charge in [0.15, 0.2) is 0 Å². The summed E-state index contributed by atoms with van der Waals surface area (Å²) in [6, 6.07) is 0.441. The van der Waals surface area contributed by atoms with Crippen LogP contribution in [0, 0.1) is 5.92 Å². The maximum absolute atomic E-state index is 4.64. The molecule has 13 heavy (non-hydrogen) atoms. The second-order valence-corrected chi connectivity index (χ2v) is 6.92.